The fraction of sp³-hybridized carbons (Fsp3) is 0.214. The number of methoxy groups -OCH3 is 1. The number of aryl methyl sites for hydroxylation is 2. The zero-order valence-electron chi connectivity index (χ0n) is 19.9. The Kier molecular flexibility index (Phi) is 4.99. The number of amides is 1. The largest absolute Gasteiger partial charge is 0.495 e. The second kappa shape index (κ2) is 8.20. The highest BCUT2D eigenvalue weighted by Gasteiger charge is 2.25. The summed E-state index contributed by atoms with van der Waals surface area (Å²) in [5, 5.41) is 0.992. The third kappa shape index (κ3) is 3.60. The van der Waals surface area contributed by atoms with Crippen LogP contribution < -0.4 is 9.47 Å². The number of carbonyl (C=O) groups is 1. The molecule has 0 atom stereocenters. The second-order valence-electron chi connectivity index (χ2n) is 8.96. The molecule has 0 fully saturated rings. The minimum Gasteiger partial charge on any atom is -0.495 e. The summed E-state index contributed by atoms with van der Waals surface area (Å²) in [6.45, 7) is 5.35. The second-order valence-corrected chi connectivity index (χ2v) is 8.96. The lowest BCUT2D eigenvalue weighted by molar-refractivity contribution is 0.0727. The number of H-pyrrole nitrogens is 2. The third-order valence-electron chi connectivity index (χ3n) is 6.75. The number of nitrogens with zero attached hydrogens (tertiary/aromatic N) is 2. The van der Waals surface area contributed by atoms with Crippen molar-refractivity contribution in [1.29, 1.82) is 0 Å². The van der Waals surface area contributed by atoms with Crippen LogP contribution in [0.3, 0.4) is 0 Å². The van der Waals surface area contributed by atoms with Crippen molar-refractivity contribution in [3.63, 3.8) is 0 Å². The van der Waals surface area contributed by atoms with Crippen LogP contribution >= 0.6 is 0 Å². The van der Waals surface area contributed by atoms with E-state index in [2.05, 4.69) is 39.2 Å². The standard InChI is InChI=1S/C28H26N4O3/c1-16-21-5-4-6-25(34-3)27(21)31-26(16)28(33)32-11-12-35-24-10-8-18(13-20(24)15-32)19-7-9-22-23(14-19)30-17(2)29-22/h4-10,13-14,31H,11-12,15H2,1-3H3,(H,29,30). The lowest BCUT2D eigenvalue weighted by Crippen LogP contribution is -2.33. The normalized spacial score (nSPS) is 13.5. The molecule has 2 aromatic heterocycles. The van der Waals surface area contributed by atoms with Crippen molar-refractivity contribution < 1.29 is 14.3 Å². The zero-order chi connectivity index (χ0) is 24.1. The Balaban J connectivity index is 1.34. The topological polar surface area (TPSA) is 83.2 Å². The Bertz CT molecular complexity index is 1600. The molecule has 0 saturated carbocycles. The van der Waals surface area contributed by atoms with Crippen LogP contribution in [0.15, 0.2) is 54.6 Å². The van der Waals surface area contributed by atoms with Crippen LogP contribution in [0.4, 0.5) is 0 Å². The summed E-state index contributed by atoms with van der Waals surface area (Å²) in [5.74, 6) is 2.39. The van der Waals surface area contributed by atoms with Gasteiger partial charge in [0.15, 0.2) is 0 Å². The Labute approximate surface area is 202 Å². The minimum absolute atomic E-state index is 0.0445. The van der Waals surface area contributed by atoms with Crippen LogP contribution in [-0.4, -0.2) is 46.0 Å². The summed E-state index contributed by atoms with van der Waals surface area (Å²) in [7, 11) is 1.64. The highest BCUT2D eigenvalue weighted by atomic mass is 16.5. The number of rotatable bonds is 3. The maximum atomic E-state index is 13.6. The quantitative estimate of drug-likeness (QED) is 0.374. The van der Waals surface area contributed by atoms with Gasteiger partial charge in [-0.1, -0.05) is 24.3 Å². The highest BCUT2D eigenvalue weighted by molar-refractivity contribution is 6.02. The van der Waals surface area contributed by atoms with E-state index in [9.17, 15) is 4.79 Å². The maximum Gasteiger partial charge on any atom is 0.271 e. The van der Waals surface area contributed by atoms with Crippen molar-refractivity contribution in [2.75, 3.05) is 20.3 Å². The summed E-state index contributed by atoms with van der Waals surface area (Å²) in [4.78, 5) is 26.6. The molecule has 35 heavy (non-hydrogen) atoms. The number of imidazole rings is 1. The molecule has 1 aliphatic rings. The van der Waals surface area contributed by atoms with Crippen LogP contribution in [0, 0.1) is 13.8 Å². The number of aromatic nitrogens is 3. The number of fused-ring (bicyclic) bond motifs is 3. The maximum absolute atomic E-state index is 13.6. The molecule has 0 aliphatic carbocycles. The molecular formula is C28H26N4O3. The van der Waals surface area contributed by atoms with Gasteiger partial charge in [0, 0.05) is 17.5 Å². The lowest BCUT2D eigenvalue weighted by atomic mass is 10.0. The van der Waals surface area contributed by atoms with E-state index in [0.29, 0.717) is 25.4 Å². The molecule has 176 valence electrons. The van der Waals surface area contributed by atoms with Crippen molar-refractivity contribution in [1.82, 2.24) is 19.9 Å². The van der Waals surface area contributed by atoms with Gasteiger partial charge < -0.3 is 24.3 Å². The number of hydrogen-bond donors (Lipinski definition) is 2. The van der Waals surface area contributed by atoms with E-state index in [4.69, 9.17) is 9.47 Å². The van der Waals surface area contributed by atoms with Gasteiger partial charge in [0.25, 0.3) is 5.91 Å². The summed E-state index contributed by atoms with van der Waals surface area (Å²) >= 11 is 0. The van der Waals surface area contributed by atoms with Crippen molar-refractivity contribution in [3.8, 4) is 22.6 Å². The molecule has 7 nitrogen and oxygen atoms in total. The molecule has 3 heterocycles. The van der Waals surface area contributed by atoms with Gasteiger partial charge in [-0.25, -0.2) is 4.98 Å². The lowest BCUT2D eigenvalue weighted by Gasteiger charge is -2.20. The highest BCUT2D eigenvalue weighted by Crippen LogP contribution is 2.33. The molecule has 0 unspecified atom stereocenters. The number of ether oxygens (including phenoxy) is 2. The van der Waals surface area contributed by atoms with E-state index in [1.807, 2.05) is 49.1 Å². The molecular weight excluding hydrogens is 440 g/mol. The summed E-state index contributed by atoms with van der Waals surface area (Å²) in [6.07, 6.45) is 0. The summed E-state index contributed by atoms with van der Waals surface area (Å²) in [5.41, 5.74) is 7.45. The van der Waals surface area contributed by atoms with Crippen molar-refractivity contribution in [2.45, 2.75) is 20.4 Å². The Hall–Kier alpha value is -4.26. The van der Waals surface area contributed by atoms with Crippen molar-refractivity contribution >= 4 is 27.8 Å². The molecule has 5 aromatic rings. The molecule has 0 spiro atoms. The fourth-order valence-corrected chi connectivity index (χ4v) is 4.93. The number of aromatic amines is 2. The van der Waals surface area contributed by atoms with E-state index in [1.165, 1.54) is 0 Å². The first kappa shape index (κ1) is 21.3. The number of para-hydroxylation sites is 1. The Morgan fingerprint density at radius 1 is 1.06 bits per heavy atom. The van der Waals surface area contributed by atoms with Gasteiger partial charge in [-0.05, 0) is 60.9 Å². The van der Waals surface area contributed by atoms with Crippen molar-refractivity contribution in [2.24, 2.45) is 0 Å². The monoisotopic (exact) mass is 466 g/mol. The molecule has 2 N–H and O–H groups in total. The SMILES string of the molecule is COc1cccc2c(C)c(C(=O)N3CCOc4ccc(-c5ccc6nc(C)[nH]c6c5)cc4C3)[nH]c12. The van der Waals surface area contributed by atoms with E-state index in [1.54, 1.807) is 7.11 Å². The molecule has 7 heteroatoms. The first-order valence-corrected chi connectivity index (χ1v) is 11.7. The zero-order valence-corrected chi connectivity index (χ0v) is 19.9. The van der Waals surface area contributed by atoms with Gasteiger partial charge in [0.2, 0.25) is 0 Å². The van der Waals surface area contributed by atoms with Crippen LogP contribution in [0.1, 0.15) is 27.4 Å². The molecule has 1 amide bonds. The summed E-state index contributed by atoms with van der Waals surface area (Å²) < 4.78 is 11.5. The molecule has 6 rings (SSSR count). The first-order chi connectivity index (χ1) is 17.0. The number of hydrogen-bond acceptors (Lipinski definition) is 4. The average Bonchev–Trinajstić information content (AvgIpc) is 3.32. The van der Waals surface area contributed by atoms with Crippen molar-refractivity contribution in [3.05, 3.63) is 77.2 Å². The van der Waals surface area contributed by atoms with E-state index in [0.717, 1.165) is 61.5 Å². The van der Waals surface area contributed by atoms with Gasteiger partial charge in [-0.15, -0.1) is 0 Å². The number of carbonyl (C=O) groups excluding carboxylic acids is 1. The average molecular weight is 467 g/mol. The van der Waals surface area contributed by atoms with Gasteiger partial charge in [0.1, 0.15) is 29.6 Å². The van der Waals surface area contributed by atoms with E-state index < -0.39 is 0 Å². The molecule has 0 saturated heterocycles. The minimum atomic E-state index is -0.0445. The third-order valence-corrected chi connectivity index (χ3v) is 6.75. The van der Waals surface area contributed by atoms with Gasteiger partial charge >= 0.3 is 0 Å². The molecule has 3 aromatic carbocycles. The summed E-state index contributed by atoms with van der Waals surface area (Å²) in [6, 6.07) is 18.2. The number of nitrogens with one attached hydrogen (secondary N) is 2. The predicted octanol–water partition coefficient (Wildman–Crippen LogP) is 5.37. The van der Waals surface area contributed by atoms with Crippen LogP contribution in [0.2, 0.25) is 0 Å². The van der Waals surface area contributed by atoms with Crippen LogP contribution in [0.25, 0.3) is 33.1 Å². The predicted molar refractivity (Wildman–Crippen MR) is 136 cm³/mol. The van der Waals surface area contributed by atoms with Crippen LogP contribution in [-0.2, 0) is 6.54 Å². The van der Waals surface area contributed by atoms with E-state index in [-0.39, 0.29) is 5.91 Å². The number of benzene rings is 3. The first-order valence-electron chi connectivity index (χ1n) is 11.7. The van der Waals surface area contributed by atoms with Gasteiger partial charge in [-0.3, -0.25) is 4.79 Å². The smallest absolute Gasteiger partial charge is 0.271 e. The van der Waals surface area contributed by atoms with Crippen LogP contribution in [0.5, 0.6) is 11.5 Å². The Morgan fingerprint density at radius 3 is 2.74 bits per heavy atom. The van der Waals surface area contributed by atoms with Gasteiger partial charge in [-0.2, -0.15) is 0 Å². The molecule has 1 aliphatic heterocycles. The van der Waals surface area contributed by atoms with Gasteiger partial charge in [0.05, 0.1) is 30.2 Å². The molecule has 0 bridgehead atoms. The van der Waals surface area contributed by atoms with E-state index >= 15 is 0 Å². The Morgan fingerprint density at radius 2 is 1.89 bits per heavy atom. The molecule has 0 radical (unpaired) electrons. The fourth-order valence-electron chi connectivity index (χ4n) is 4.93.